The Morgan fingerprint density at radius 2 is 2.12 bits per heavy atom. The summed E-state index contributed by atoms with van der Waals surface area (Å²) in [5.41, 5.74) is 1.12. The van der Waals surface area contributed by atoms with E-state index in [1.54, 1.807) is 7.11 Å². The van der Waals surface area contributed by atoms with Crippen molar-refractivity contribution >= 4 is 5.91 Å². The van der Waals surface area contributed by atoms with Crippen LogP contribution in [0, 0.1) is 6.92 Å². The molecule has 0 bridgehead atoms. The molecule has 0 unspecified atom stereocenters. The maximum absolute atomic E-state index is 12.4. The summed E-state index contributed by atoms with van der Waals surface area (Å²) in [7, 11) is 1.71. The summed E-state index contributed by atoms with van der Waals surface area (Å²) in [6.07, 6.45) is 10.1. The summed E-state index contributed by atoms with van der Waals surface area (Å²) < 4.78 is 9.17. The van der Waals surface area contributed by atoms with Gasteiger partial charge in [-0.2, -0.15) is 5.10 Å². The monoisotopic (exact) mass is 345 g/mol. The van der Waals surface area contributed by atoms with Gasteiger partial charge in [-0.15, -0.1) is 0 Å². The zero-order valence-electron chi connectivity index (χ0n) is 15.1. The fourth-order valence-corrected chi connectivity index (χ4v) is 3.40. The number of methoxy groups -OCH3 is 1. The number of likely N-dealkylation sites (tertiary alicyclic amines) is 1. The normalized spacial score (nSPS) is 15.7. The summed E-state index contributed by atoms with van der Waals surface area (Å²) in [5, 5.41) is 4.24. The van der Waals surface area contributed by atoms with Crippen molar-refractivity contribution < 1.29 is 9.53 Å². The van der Waals surface area contributed by atoms with Gasteiger partial charge in [0.25, 0.3) is 0 Å². The molecule has 0 radical (unpaired) electrons. The highest BCUT2D eigenvalue weighted by Crippen LogP contribution is 2.27. The van der Waals surface area contributed by atoms with Crippen LogP contribution in [0.1, 0.15) is 36.6 Å². The number of aryl methyl sites for hydroxylation is 2. The summed E-state index contributed by atoms with van der Waals surface area (Å²) >= 11 is 0. The van der Waals surface area contributed by atoms with Crippen molar-refractivity contribution in [3.8, 4) is 0 Å². The third-order valence-corrected chi connectivity index (χ3v) is 4.81. The number of hydrogen-bond acceptors (Lipinski definition) is 4. The number of carbonyl (C=O) groups excluding carboxylic acids is 1. The molecule has 0 saturated carbocycles. The molecule has 0 spiro atoms. The van der Waals surface area contributed by atoms with Crippen LogP contribution in [-0.4, -0.2) is 56.9 Å². The van der Waals surface area contributed by atoms with Gasteiger partial charge in [0.1, 0.15) is 5.82 Å². The second kappa shape index (κ2) is 8.29. The molecule has 0 atom stereocenters. The van der Waals surface area contributed by atoms with Crippen LogP contribution < -0.4 is 0 Å². The first-order chi connectivity index (χ1) is 12.2. The lowest BCUT2D eigenvalue weighted by Crippen LogP contribution is -2.38. The maximum atomic E-state index is 12.4. The van der Waals surface area contributed by atoms with E-state index in [0.29, 0.717) is 25.5 Å². The van der Waals surface area contributed by atoms with E-state index < -0.39 is 0 Å². The van der Waals surface area contributed by atoms with Gasteiger partial charge in [-0.1, -0.05) is 0 Å². The molecule has 0 N–H and O–H groups in total. The van der Waals surface area contributed by atoms with Crippen molar-refractivity contribution in [1.29, 1.82) is 0 Å². The number of carbonyl (C=O) groups is 1. The van der Waals surface area contributed by atoms with E-state index in [1.807, 2.05) is 41.3 Å². The molecule has 0 aliphatic carbocycles. The van der Waals surface area contributed by atoms with Gasteiger partial charge in [0.05, 0.1) is 12.8 Å². The first-order valence-corrected chi connectivity index (χ1v) is 8.94. The molecule has 0 aromatic carbocycles. The van der Waals surface area contributed by atoms with Crippen LogP contribution >= 0.6 is 0 Å². The second-order valence-corrected chi connectivity index (χ2v) is 6.66. The van der Waals surface area contributed by atoms with Gasteiger partial charge < -0.3 is 14.2 Å². The van der Waals surface area contributed by atoms with E-state index in [9.17, 15) is 4.79 Å². The molecule has 3 heterocycles. The zero-order valence-corrected chi connectivity index (χ0v) is 15.1. The summed E-state index contributed by atoms with van der Waals surface area (Å²) in [5.74, 6) is 1.76. The van der Waals surface area contributed by atoms with Gasteiger partial charge in [0, 0.05) is 64.2 Å². The van der Waals surface area contributed by atoms with Crippen molar-refractivity contribution in [3.05, 3.63) is 36.2 Å². The minimum atomic E-state index is 0.217. The number of rotatable bonds is 7. The van der Waals surface area contributed by atoms with E-state index in [-0.39, 0.29) is 5.91 Å². The fourth-order valence-electron chi connectivity index (χ4n) is 3.40. The molecule has 1 amide bonds. The maximum Gasteiger partial charge on any atom is 0.224 e. The van der Waals surface area contributed by atoms with E-state index in [0.717, 1.165) is 43.9 Å². The highest BCUT2D eigenvalue weighted by atomic mass is 16.5. The van der Waals surface area contributed by atoms with Gasteiger partial charge in [-0.05, 0) is 25.3 Å². The average molecular weight is 345 g/mol. The molecule has 2 aromatic heterocycles. The first-order valence-electron chi connectivity index (χ1n) is 8.94. The summed E-state index contributed by atoms with van der Waals surface area (Å²) in [6.45, 7) is 5.78. The van der Waals surface area contributed by atoms with Gasteiger partial charge in [-0.3, -0.25) is 9.48 Å². The van der Waals surface area contributed by atoms with Crippen LogP contribution in [0.5, 0.6) is 0 Å². The van der Waals surface area contributed by atoms with Crippen LogP contribution in [0.2, 0.25) is 0 Å². The largest absolute Gasteiger partial charge is 0.383 e. The second-order valence-electron chi connectivity index (χ2n) is 6.66. The van der Waals surface area contributed by atoms with E-state index >= 15 is 0 Å². The lowest BCUT2D eigenvalue weighted by molar-refractivity contribution is -0.132. The van der Waals surface area contributed by atoms with Crippen LogP contribution in [0.25, 0.3) is 0 Å². The number of aromatic nitrogens is 4. The Kier molecular flexibility index (Phi) is 5.86. The van der Waals surface area contributed by atoms with Crippen molar-refractivity contribution in [2.24, 2.45) is 0 Å². The van der Waals surface area contributed by atoms with Crippen molar-refractivity contribution in [2.45, 2.75) is 45.2 Å². The lowest BCUT2D eigenvalue weighted by atomic mass is 9.95. The molecule has 25 heavy (non-hydrogen) atoms. The Morgan fingerprint density at radius 1 is 1.32 bits per heavy atom. The standard InChI is InChI=1S/C18H27N5O2/c1-15-13-20-23(14-15)9-5-17(24)21-7-3-16(4-8-21)18-19-6-10-22(18)11-12-25-2/h6,10,13-14,16H,3-5,7-9,11-12H2,1-2H3. The average Bonchev–Trinajstić information content (AvgIpc) is 3.26. The van der Waals surface area contributed by atoms with Gasteiger partial charge >= 0.3 is 0 Å². The van der Waals surface area contributed by atoms with E-state index in [2.05, 4.69) is 14.6 Å². The molecule has 3 rings (SSSR count). The molecular formula is C18H27N5O2. The third-order valence-electron chi connectivity index (χ3n) is 4.81. The highest BCUT2D eigenvalue weighted by molar-refractivity contribution is 5.76. The Balaban J connectivity index is 1.48. The predicted octanol–water partition coefficient (Wildman–Crippen LogP) is 1.83. The van der Waals surface area contributed by atoms with Crippen molar-refractivity contribution in [3.63, 3.8) is 0 Å². The number of nitrogens with zero attached hydrogens (tertiary/aromatic N) is 5. The molecule has 7 heteroatoms. The van der Waals surface area contributed by atoms with E-state index in [1.165, 1.54) is 0 Å². The molecule has 1 aliphatic rings. The van der Waals surface area contributed by atoms with Crippen LogP contribution in [-0.2, 0) is 22.6 Å². The topological polar surface area (TPSA) is 65.2 Å². The van der Waals surface area contributed by atoms with Crippen LogP contribution in [0.3, 0.4) is 0 Å². The molecule has 1 fully saturated rings. The minimum Gasteiger partial charge on any atom is -0.383 e. The SMILES string of the molecule is COCCn1ccnc1C1CCN(C(=O)CCn2cc(C)cn2)CC1. The summed E-state index contributed by atoms with van der Waals surface area (Å²) in [4.78, 5) is 18.9. The number of imidazole rings is 1. The molecule has 2 aromatic rings. The third kappa shape index (κ3) is 4.48. The quantitative estimate of drug-likeness (QED) is 0.768. The molecule has 136 valence electrons. The number of ether oxygens (including phenoxy) is 1. The minimum absolute atomic E-state index is 0.217. The predicted molar refractivity (Wildman–Crippen MR) is 94.2 cm³/mol. The first kappa shape index (κ1) is 17.7. The van der Waals surface area contributed by atoms with E-state index in [4.69, 9.17) is 4.74 Å². The van der Waals surface area contributed by atoms with Gasteiger partial charge in [0.2, 0.25) is 5.91 Å². The molecule has 7 nitrogen and oxygen atoms in total. The van der Waals surface area contributed by atoms with Gasteiger partial charge in [-0.25, -0.2) is 4.98 Å². The summed E-state index contributed by atoms with van der Waals surface area (Å²) in [6, 6.07) is 0. The fraction of sp³-hybridized carbons (Fsp3) is 0.611. The zero-order chi connectivity index (χ0) is 17.6. The smallest absolute Gasteiger partial charge is 0.224 e. The van der Waals surface area contributed by atoms with Crippen LogP contribution in [0.15, 0.2) is 24.8 Å². The van der Waals surface area contributed by atoms with Crippen molar-refractivity contribution in [1.82, 2.24) is 24.2 Å². The number of hydrogen-bond donors (Lipinski definition) is 0. The Bertz CT molecular complexity index is 685. The lowest BCUT2D eigenvalue weighted by Gasteiger charge is -2.32. The highest BCUT2D eigenvalue weighted by Gasteiger charge is 2.26. The Hall–Kier alpha value is -2.15. The molecule has 1 saturated heterocycles. The Labute approximate surface area is 148 Å². The van der Waals surface area contributed by atoms with Crippen molar-refractivity contribution in [2.75, 3.05) is 26.8 Å². The number of piperidine rings is 1. The van der Waals surface area contributed by atoms with Gasteiger partial charge in [0.15, 0.2) is 0 Å². The molecule has 1 aliphatic heterocycles. The van der Waals surface area contributed by atoms with Crippen LogP contribution in [0.4, 0.5) is 0 Å². The Morgan fingerprint density at radius 3 is 2.80 bits per heavy atom. The number of amides is 1. The molecular weight excluding hydrogens is 318 g/mol.